The number of fused-ring (bicyclic) bond motifs is 1. The van der Waals surface area contributed by atoms with E-state index in [9.17, 15) is 4.79 Å². The van der Waals surface area contributed by atoms with Crippen LogP contribution in [-0.4, -0.2) is 17.9 Å². The highest BCUT2D eigenvalue weighted by atomic mass is 16.2. The van der Waals surface area contributed by atoms with Crippen molar-refractivity contribution in [2.45, 2.75) is 26.3 Å². The predicted octanol–water partition coefficient (Wildman–Crippen LogP) is 3.22. The molecule has 1 atom stereocenters. The zero-order chi connectivity index (χ0) is 15.0. The highest BCUT2D eigenvalue weighted by Gasteiger charge is 2.28. The Morgan fingerprint density at radius 1 is 1.19 bits per heavy atom. The second kappa shape index (κ2) is 5.20. The SMILES string of the molecule is Cc1ccc(NC2CC(=O)N(C)c3ccccc32)c(C)n1. The molecule has 0 aliphatic carbocycles. The zero-order valence-corrected chi connectivity index (χ0v) is 12.6. The average Bonchev–Trinajstić information content (AvgIpc) is 2.47. The summed E-state index contributed by atoms with van der Waals surface area (Å²) < 4.78 is 0. The first-order chi connectivity index (χ1) is 10.1. The topological polar surface area (TPSA) is 45.2 Å². The summed E-state index contributed by atoms with van der Waals surface area (Å²) >= 11 is 0. The van der Waals surface area contributed by atoms with Crippen molar-refractivity contribution >= 4 is 17.3 Å². The number of pyridine rings is 1. The Morgan fingerprint density at radius 2 is 1.95 bits per heavy atom. The van der Waals surface area contributed by atoms with Gasteiger partial charge in [-0.2, -0.15) is 0 Å². The Balaban J connectivity index is 1.96. The van der Waals surface area contributed by atoms with Crippen LogP contribution in [0.3, 0.4) is 0 Å². The molecule has 1 aliphatic heterocycles. The van der Waals surface area contributed by atoms with E-state index in [1.54, 1.807) is 4.90 Å². The summed E-state index contributed by atoms with van der Waals surface area (Å²) in [5.41, 5.74) is 5.07. The van der Waals surface area contributed by atoms with Gasteiger partial charge in [0, 0.05) is 18.4 Å². The lowest BCUT2D eigenvalue weighted by Crippen LogP contribution is -2.35. The largest absolute Gasteiger partial charge is 0.376 e. The first kappa shape index (κ1) is 13.6. The number of hydrogen-bond donors (Lipinski definition) is 1. The van der Waals surface area contributed by atoms with Crippen LogP contribution in [0.4, 0.5) is 11.4 Å². The summed E-state index contributed by atoms with van der Waals surface area (Å²) in [6, 6.07) is 12.0. The fraction of sp³-hybridized carbons (Fsp3) is 0.294. The van der Waals surface area contributed by atoms with Gasteiger partial charge in [0.1, 0.15) is 0 Å². The highest BCUT2D eigenvalue weighted by Crippen LogP contribution is 2.35. The van der Waals surface area contributed by atoms with Crippen LogP contribution in [0.15, 0.2) is 36.4 Å². The molecule has 1 amide bonds. The molecule has 108 valence electrons. The van der Waals surface area contributed by atoms with Gasteiger partial charge in [0.05, 0.1) is 23.8 Å². The number of amides is 1. The second-order valence-electron chi connectivity index (χ2n) is 5.50. The molecule has 2 heterocycles. The predicted molar refractivity (Wildman–Crippen MR) is 84.5 cm³/mol. The summed E-state index contributed by atoms with van der Waals surface area (Å²) in [6.45, 7) is 3.96. The van der Waals surface area contributed by atoms with Crippen LogP contribution in [0.2, 0.25) is 0 Å². The molecule has 3 rings (SSSR count). The molecule has 1 aliphatic rings. The first-order valence-electron chi connectivity index (χ1n) is 7.12. The summed E-state index contributed by atoms with van der Waals surface area (Å²) in [4.78, 5) is 18.4. The van der Waals surface area contributed by atoms with E-state index in [4.69, 9.17) is 0 Å². The molecule has 0 saturated heterocycles. The van der Waals surface area contributed by atoms with E-state index in [-0.39, 0.29) is 11.9 Å². The van der Waals surface area contributed by atoms with Crippen molar-refractivity contribution in [2.24, 2.45) is 0 Å². The van der Waals surface area contributed by atoms with E-state index in [1.807, 2.05) is 51.2 Å². The van der Waals surface area contributed by atoms with Gasteiger partial charge in [-0.1, -0.05) is 18.2 Å². The van der Waals surface area contributed by atoms with Crippen LogP contribution in [-0.2, 0) is 4.79 Å². The van der Waals surface area contributed by atoms with E-state index in [2.05, 4.69) is 16.4 Å². The molecule has 0 radical (unpaired) electrons. The third-order valence-electron chi connectivity index (χ3n) is 3.98. The number of carbonyl (C=O) groups is 1. The highest BCUT2D eigenvalue weighted by molar-refractivity contribution is 5.97. The number of carbonyl (C=O) groups excluding carboxylic acids is 1. The Bertz CT molecular complexity index is 696. The van der Waals surface area contributed by atoms with Crippen molar-refractivity contribution in [1.82, 2.24) is 4.98 Å². The van der Waals surface area contributed by atoms with Crippen LogP contribution in [0, 0.1) is 13.8 Å². The number of para-hydroxylation sites is 1. The molecule has 21 heavy (non-hydrogen) atoms. The monoisotopic (exact) mass is 281 g/mol. The maximum absolute atomic E-state index is 12.2. The Morgan fingerprint density at radius 3 is 2.71 bits per heavy atom. The summed E-state index contributed by atoms with van der Waals surface area (Å²) in [7, 11) is 1.83. The maximum Gasteiger partial charge on any atom is 0.229 e. The number of aromatic nitrogens is 1. The van der Waals surface area contributed by atoms with Gasteiger partial charge in [0.25, 0.3) is 0 Å². The minimum Gasteiger partial charge on any atom is -0.376 e. The standard InChI is InChI=1S/C17H19N3O/c1-11-8-9-14(12(2)18-11)19-15-10-17(21)20(3)16-7-5-4-6-13(15)16/h4-9,15,19H,10H2,1-3H3. The Labute approximate surface area is 124 Å². The van der Waals surface area contributed by atoms with Crippen LogP contribution in [0.5, 0.6) is 0 Å². The number of rotatable bonds is 2. The molecule has 4 heteroatoms. The smallest absolute Gasteiger partial charge is 0.229 e. The number of hydrogen-bond acceptors (Lipinski definition) is 3. The van der Waals surface area contributed by atoms with E-state index >= 15 is 0 Å². The number of nitrogens with zero attached hydrogens (tertiary/aromatic N) is 2. The maximum atomic E-state index is 12.2. The van der Waals surface area contributed by atoms with Gasteiger partial charge in [-0.15, -0.1) is 0 Å². The first-order valence-corrected chi connectivity index (χ1v) is 7.12. The van der Waals surface area contributed by atoms with Crippen molar-refractivity contribution in [2.75, 3.05) is 17.3 Å². The van der Waals surface area contributed by atoms with Crippen molar-refractivity contribution < 1.29 is 4.79 Å². The molecule has 0 saturated carbocycles. The van der Waals surface area contributed by atoms with Gasteiger partial charge in [0.2, 0.25) is 5.91 Å². The van der Waals surface area contributed by atoms with Gasteiger partial charge in [0.15, 0.2) is 0 Å². The number of aryl methyl sites for hydroxylation is 2. The molecule has 1 aromatic carbocycles. The van der Waals surface area contributed by atoms with Gasteiger partial charge in [-0.05, 0) is 37.6 Å². The van der Waals surface area contributed by atoms with Crippen LogP contribution >= 0.6 is 0 Å². The van der Waals surface area contributed by atoms with Crippen LogP contribution in [0.1, 0.15) is 29.4 Å². The zero-order valence-electron chi connectivity index (χ0n) is 12.6. The number of benzene rings is 1. The van der Waals surface area contributed by atoms with Gasteiger partial charge in [-0.3, -0.25) is 9.78 Å². The van der Waals surface area contributed by atoms with Crippen LogP contribution in [0.25, 0.3) is 0 Å². The molecular weight excluding hydrogens is 262 g/mol. The second-order valence-corrected chi connectivity index (χ2v) is 5.50. The third-order valence-corrected chi connectivity index (χ3v) is 3.98. The Kier molecular flexibility index (Phi) is 3.37. The third kappa shape index (κ3) is 2.49. The van der Waals surface area contributed by atoms with E-state index in [1.165, 1.54) is 0 Å². The molecule has 1 aromatic heterocycles. The molecular formula is C17H19N3O. The quantitative estimate of drug-likeness (QED) is 0.919. The molecule has 4 nitrogen and oxygen atoms in total. The van der Waals surface area contributed by atoms with E-state index in [0.29, 0.717) is 6.42 Å². The molecule has 0 bridgehead atoms. The van der Waals surface area contributed by atoms with Gasteiger partial charge in [-0.25, -0.2) is 0 Å². The minimum atomic E-state index is -0.00638. The lowest BCUT2D eigenvalue weighted by molar-refractivity contribution is -0.118. The lowest BCUT2D eigenvalue weighted by Gasteiger charge is -2.32. The molecule has 2 aromatic rings. The van der Waals surface area contributed by atoms with Crippen molar-refractivity contribution in [3.63, 3.8) is 0 Å². The van der Waals surface area contributed by atoms with E-state index in [0.717, 1.165) is 28.3 Å². The fourth-order valence-electron chi connectivity index (χ4n) is 2.80. The number of nitrogens with one attached hydrogen (secondary N) is 1. The average molecular weight is 281 g/mol. The van der Waals surface area contributed by atoms with Gasteiger partial charge < -0.3 is 10.2 Å². The lowest BCUT2D eigenvalue weighted by atomic mass is 9.96. The molecule has 1 N–H and O–H groups in total. The van der Waals surface area contributed by atoms with Gasteiger partial charge >= 0.3 is 0 Å². The Hall–Kier alpha value is -2.36. The van der Waals surface area contributed by atoms with Crippen LogP contribution < -0.4 is 10.2 Å². The molecule has 1 unspecified atom stereocenters. The van der Waals surface area contributed by atoms with Crippen molar-refractivity contribution in [3.8, 4) is 0 Å². The summed E-state index contributed by atoms with van der Waals surface area (Å²) in [5, 5.41) is 3.47. The minimum absolute atomic E-state index is 0.00638. The van der Waals surface area contributed by atoms with Crippen molar-refractivity contribution in [3.05, 3.63) is 53.3 Å². The molecule has 0 spiro atoms. The summed E-state index contributed by atoms with van der Waals surface area (Å²) in [5.74, 6) is 0.129. The number of anilines is 2. The molecule has 0 fully saturated rings. The summed E-state index contributed by atoms with van der Waals surface area (Å²) in [6.07, 6.45) is 0.459. The van der Waals surface area contributed by atoms with E-state index < -0.39 is 0 Å². The normalized spacial score (nSPS) is 17.6. The van der Waals surface area contributed by atoms with Crippen molar-refractivity contribution in [1.29, 1.82) is 0 Å². The fourth-order valence-corrected chi connectivity index (χ4v) is 2.80.